The van der Waals surface area contributed by atoms with E-state index in [4.69, 9.17) is 32.7 Å². The highest BCUT2D eigenvalue weighted by Crippen LogP contribution is 2.33. The number of hydrogen-bond acceptors (Lipinski definition) is 4. The third-order valence-corrected chi connectivity index (χ3v) is 7.01. The maximum atomic E-state index is 13.3. The second kappa shape index (κ2) is 10.7. The molecule has 0 unspecified atom stereocenters. The van der Waals surface area contributed by atoms with Crippen LogP contribution >= 0.6 is 23.2 Å². The number of nitrogens with zero attached hydrogens (tertiary/aromatic N) is 1. The fourth-order valence-electron chi connectivity index (χ4n) is 4.30. The third kappa shape index (κ3) is 5.92. The SMILES string of the molecule is C[C@H](C(=O)NC1CCCC1)N(Cc1ccc(Cl)c(Cl)c1)C(=O)CCc1ccc2c(c1)OCO2. The number of ether oxygens (including phenoxy) is 2. The number of benzene rings is 2. The average Bonchev–Trinajstić information content (AvgIpc) is 3.49. The molecule has 8 heteroatoms. The van der Waals surface area contributed by atoms with Crippen molar-refractivity contribution in [1.29, 1.82) is 0 Å². The molecule has 33 heavy (non-hydrogen) atoms. The lowest BCUT2D eigenvalue weighted by Gasteiger charge is -2.30. The molecule has 176 valence electrons. The van der Waals surface area contributed by atoms with E-state index in [-0.39, 0.29) is 37.6 Å². The maximum Gasteiger partial charge on any atom is 0.242 e. The Morgan fingerprint density at radius 2 is 1.76 bits per heavy atom. The van der Waals surface area contributed by atoms with Gasteiger partial charge in [0.05, 0.1) is 10.0 Å². The van der Waals surface area contributed by atoms with Gasteiger partial charge in [-0.3, -0.25) is 9.59 Å². The first-order valence-corrected chi connectivity index (χ1v) is 12.1. The van der Waals surface area contributed by atoms with Crippen molar-refractivity contribution in [3.05, 3.63) is 57.6 Å². The molecule has 2 aromatic carbocycles. The molecule has 1 atom stereocenters. The fourth-order valence-corrected chi connectivity index (χ4v) is 4.62. The Balaban J connectivity index is 1.46. The lowest BCUT2D eigenvalue weighted by molar-refractivity contribution is -0.140. The van der Waals surface area contributed by atoms with E-state index in [1.165, 1.54) is 0 Å². The van der Waals surface area contributed by atoms with E-state index >= 15 is 0 Å². The zero-order valence-corrected chi connectivity index (χ0v) is 20.1. The summed E-state index contributed by atoms with van der Waals surface area (Å²) in [5.41, 5.74) is 1.80. The van der Waals surface area contributed by atoms with Gasteiger partial charge in [-0.05, 0) is 61.6 Å². The molecule has 1 aliphatic heterocycles. The quantitative estimate of drug-likeness (QED) is 0.556. The predicted octanol–water partition coefficient (Wildman–Crippen LogP) is 5.13. The molecule has 0 bridgehead atoms. The summed E-state index contributed by atoms with van der Waals surface area (Å²) in [7, 11) is 0. The first kappa shape index (κ1) is 23.7. The van der Waals surface area contributed by atoms with E-state index in [0.717, 1.165) is 36.8 Å². The van der Waals surface area contributed by atoms with Crippen LogP contribution in [-0.4, -0.2) is 35.6 Å². The van der Waals surface area contributed by atoms with Crippen molar-refractivity contribution in [2.75, 3.05) is 6.79 Å². The van der Waals surface area contributed by atoms with Gasteiger partial charge in [0, 0.05) is 19.0 Å². The number of nitrogens with one attached hydrogen (secondary N) is 1. The van der Waals surface area contributed by atoms with Crippen LogP contribution in [0.1, 0.15) is 50.2 Å². The molecule has 1 fully saturated rings. The first-order valence-electron chi connectivity index (χ1n) is 11.3. The number of hydrogen-bond donors (Lipinski definition) is 1. The fraction of sp³-hybridized carbons (Fsp3) is 0.440. The monoisotopic (exact) mass is 490 g/mol. The van der Waals surface area contributed by atoms with Crippen LogP contribution in [0.2, 0.25) is 10.0 Å². The van der Waals surface area contributed by atoms with E-state index in [9.17, 15) is 9.59 Å². The highest BCUT2D eigenvalue weighted by molar-refractivity contribution is 6.42. The van der Waals surface area contributed by atoms with Gasteiger partial charge >= 0.3 is 0 Å². The van der Waals surface area contributed by atoms with Gasteiger partial charge in [0.1, 0.15) is 6.04 Å². The molecule has 2 amide bonds. The second-order valence-electron chi connectivity index (χ2n) is 8.62. The summed E-state index contributed by atoms with van der Waals surface area (Å²) >= 11 is 12.2. The number of fused-ring (bicyclic) bond motifs is 1. The topological polar surface area (TPSA) is 67.9 Å². The van der Waals surface area contributed by atoms with Gasteiger partial charge in [0.2, 0.25) is 18.6 Å². The van der Waals surface area contributed by atoms with Crippen LogP contribution in [0.15, 0.2) is 36.4 Å². The second-order valence-corrected chi connectivity index (χ2v) is 9.44. The molecular formula is C25H28Cl2N2O4. The molecule has 0 aromatic heterocycles. The van der Waals surface area contributed by atoms with Gasteiger partial charge in [-0.15, -0.1) is 0 Å². The lowest BCUT2D eigenvalue weighted by atomic mass is 10.1. The molecule has 2 aliphatic rings. The zero-order valence-electron chi connectivity index (χ0n) is 18.6. The van der Waals surface area contributed by atoms with Crippen LogP contribution in [0.4, 0.5) is 0 Å². The number of halogens is 2. The average molecular weight is 491 g/mol. The summed E-state index contributed by atoms with van der Waals surface area (Å²) < 4.78 is 10.8. The van der Waals surface area contributed by atoms with Gasteiger partial charge in [0.15, 0.2) is 11.5 Å². The van der Waals surface area contributed by atoms with Crippen molar-refractivity contribution < 1.29 is 19.1 Å². The zero-order chi connectivity index (χ0) is 23.4. The Morgan fingerprint density at radius 1 is 1.03 bits per heavy atom. The highest BCUT2D eigenvalue weighted by Gasteiger charge is 2.28. The van der Waals surface area contributed by atoms with Crippen LogP contribution in [0.3, 0.4) is 0 Å². The predicted molar refractivity (Wildman–Crippen MR) is 128 cm³/mol. The molecule has 2 aromatic rings. The lowest BCUT2D eigenvalue weighted by Crippen LogP contribution is -2.49. The molecular weight excluding hydrogens is 463 g/mol. The summed E-state index contributed by atoms with van der Waals surface area (Å²) in [6.45, 7) is 2.26. The van der Waals surface area contributed by atoms with Crippen LogP contribution in [0, 0.1) is 0 Å². The largest absolute Gasteiger partial charge is 0.454 e. The van der Waals surface area contributed by atoms with E-state index in [0.29, 0.717) is 28.0 Å². The minimum atomic E-state index is -0.607. The molecule has 0 saturated heterocycles. The summed E-state index contributed by atoms with van der Waals surface area (Å²) in [4.78, 5) is 27.9. The molecule has 0 spiro atoms. The van der Waals surface area contributed by atoms with Crippen LogP contribution in [0.25, 0.3) is 0 Å². The molecule has 4 rings (SSSR count). The standard InChI is InChI=1S/C25H28Cl2N2O4/c1-16(25(31)28-19-4-2-3-5-19)29(14-18-6-9-20(26)21(27)12-18)24(30)11-8-17-7-10-22-23(13-17)33-15-32-22/h6-7,9-10,12-13,16,19H,2-5,8,11,14-15H2,1H3,(H,28,31)/t16-/m1/s1. The smallest absolute Gasteiger partial charge is 0.242 e. The molecule has 1 aliphatic carbocycles. The number of rotatable bonds is 8. The van der Waals surface area contributed by atoms with Crippen molar-refractivity contribution in [2.45, 2.75) is 64.1 Å². The minimum Gasteiger partial charge on any atom is -0.454 e. The number of aryl methyl sites for hydroxylation is 1. The summed E-state index contributed by atoms with van der Waals surface area (Å²) in [6.07, 6.45) is 5.03. The Bertz CT molecular complexity index is 1020. The summed E-state index contributed by atoms with van der Waals surface area (Å²) in [5.74, 6) is 1.17. The molecule has 1 N–H and O–H groups in total. The van der Waals surface area contributed by atoms with Crippen LogP contribution in [0.5, 0.6) is 11.5 Å². The van der Waals surface area contributed by atoms with Crippen LogP contribution in [-0.2, 0) is 22.6 Å². The number of carbonyl (C=O) groups excluding carboxylic acids is 2. The van der Waals surface area contributed by atoms with Gasteiger partial charge in [-0.1, -0.05) is 48.2 Å². The van der Waals surface area contributed by atoms with Crippen molar-refractivity contribution in [1.82, 2.24) is 10.2 Å². The highest BCUT2D eigenvalue weighted by atomic mass is 35.5. The Labute approximate surface area is 204 Å². The molecule has 1 saturated carbocycles. The van der Waals surface area contributed by atoms with Crippen molar-refractivity contribution >= 4 is 35.0 Å². The number of carbonyl (C=O) groups is 2. The third-order valence-electron chi connectivity index (χ3n) is 6.27. The summed E-state index contributed by atoms with van der Waals surface area (Å²) in [5, 5.41) is 3.99. The van der Waals surface area contributed by atoms with Crippen LogP contribution < -0.4 is 14.8 Å². The molecule has 1 heterocycles. The minimum absolute atomic E-state index is 0.104. The van der Waals surface area contributed by atoms with Crippen molar-refractivity contribution in [3.8, 4) is 11.5 Å². The van der Waals surface area contributed by atoms with Crippen molar-refractivity contribution in [3.63, 3.8) is 0 Å². The van der Waals surface area contributed by atoms with E-state index < -0.39 is 6.04 Å². The number of amides is 2. The Kier molecular flexibility index (Phi) is 7.66. The van der Waals surface area contributed by atoms with Gasteiger partial charge in [0.25, 0.3) is 0 Å². The molecule has 0 radical (unpaired) electrons. The van der Waals surface area contributed by atoms with Gasteiger partial charge < -0.3 is 19.7 Å². The van der Waals surface area contributed by atoms with Gasteiger partial charge in [-0.2, -0.15) is 0 Å². The van der Waals surface area contributed by atoms with E-state index in [1.54, 1.807) is 24.0 Å². The molecule has 6 nitrogen and oxygen atoms in total. The van der Waals surface area contributed by atoms with E-state index in [1.807, 2.05) is 24.3 Å². The Morgan fingerprint density at radius 3 is 2.52 bits per heavy atom. The Hall–Kier alpha value is -2.44. The van der Waals surface area contributed by atoms with Gasteiger partial charge in [-0.25, -0.2) is 0 Å². The summed E-state index contributed by atoms with van der Waals surface area (Å²) in [6, 6.07) is 10.5. The van der Waals surface area contributed by atoms with Crippen molar-refractivity contribution in [2.24, 2.45) is 0 Å². The normalized spacial score (nSPS) is 16.0. The first-order chi connectivity index (χ1) is 15.9. The maximum absolute atomic E-state index is 13.3. The van der Waals surface area contributed by atoms with E-state index in [2.05, 4.69) is 5.32 Å².